The summed E-state index contributed by atoms with van der Waals surface area (Å²) in [6.07, 6.45) is 0.950. The van der Waals surface area contributed by atoms with E-state index < -0.39 is 6.10 Å². The van der Waals surface area contributed by atoms with E-state index in [2.05, 4.69) is 0 Å². The zero-order valence-electron chi connectivity index (χ0n) is 11.9. The second kappa shape index (κ2) is 7.79. The number of hydrogen-bond donors (Lipinski definition) is 1. The summed E-state index contributed by atoms with van der Waals surface area (Å²) in [6.45, 7) is 6.07. The van der Waals surface area contributed by atoms with Gasteiger partial charge in [0.1, 0.15) is 5.75 Å². The standard InChI is InChI=1S/C15H23NO3/c1-4-7-14(15(17)18-5-2)19-13-9-6-8-12(10-13)11(3)16/h6,8-11,14H,4-5,7,16H2,1-3H3/t11-,14?/m1/s1. The highest BCUT2D eigenvalue weighted by molar-refractivity contribution is 5.75. The van der Waals surface area contributed by atoms with E-state index in [-0.39, 0.29) is 12.0 Å². The molecule has 0 aliphatic heterocycles. The Kier molecular flexibility index (Phi) is 6.36. The van der Waals surface area contributed by atoms with Gasteiger partial charge in [-0.25, -0.2) is 4.79 Å². The van der Waals surface area contributed by atoms with E-state index in [4.69, 9.17) is 15.2 Å². The molecule has 2 atom stereocenters. The maximum atomic E-state index is 11.8. The summed E-state index contributed by atoms with van der Waals surface area (Å²) >= 11 is 0. The van der Waals surface area contributed by atoms with Gasteiger partial charge in [0.2, 0.25) is 0 Å². The predicted octanol–water partition coefficient (Wildman–Crippen LogP) is 2.82. The highest BCUT2D eigenvalue weighted by Gasteiger charge is 2.20. The first-order chi connectivity index (χ1) is 9.08. The van der Waals surface area contributed by atoms with E-state index >= 15 is 0 Å². The molecule has 1 aromatic rings. The van der Waals surface area contributed by atoms with Crippen molar-refractivity contribution in [1.82, 2.24) is 0 Å². The fourth-order valence-electron chi connectivity index (χ4n) is 1.76. The van der Waals surface area contributed by atoms with E-state index in [1.54, 1.807) is 6.92 Å². The number of rotatable bonds is 7. The molecule has 1 unspecified atom stereocenters. The monoisotopic (exact) mass is 265 g/mol. The number of carbonyl (C=O) groups is 1. The highest BCUT2D eigenvalue weighted by atomic mass is 16.6. The van der Waals surface area contributed by atoms with Gasteiger partial charge < -0.3 is 15.2 Å². The molecular formula is C15H23NO3. The molecule has 0 fully saturated rings. The Hall–Kier alpha value is -1.55. The van der Waals surface area contributed by atoms with Crippen LogP contribution in [0.3, 0.4) is 0 Å². The van der Waals surface area contributed by atoms with Crippen LogP contribution in [0.5, 0.6) is 5.75 Å². The SMILES string of the molecule is CCCC(Oc1cccc([C@@H](C)N)c1)C(=O)OCC. The van der Waals surface area contributed by atoms with Crippen molar-refractivity contribution in [1.29, 1.82) is 0 Å². The maximum Gasteiger partial charge on any atom is 0.347 e. The summed E-state index contributed by atoms with van der Waals surface area (Å²) in [4.78, 5) is 11.8. The minimum absolute atomic E-state index is 0.0595. The molecule has 2 N–H and O–H groups in total. The number of hydrogen-bond acceptors (Lipinski definition) is 4. The summed E-state index contributed by atoms with van der Waals surface area (Å²) < 4.78 is 10.7. The lowest BCUT2D eigenvalue weighted by Gasteiger charge is -2.18. The zero-order valence-corrected chi connectivity index (χ0v) is 11.9. The van der Waals surface area contributed by atoms with Crippen molar-refractivity contribution in [2.45, 2.75) is 45.8 Å². The van der Waals surface area contributed by atoms with E-state index in [9.17, 15) is 4.79 Å². The Morgan fingerprint density at radius 3 is 2.68 bits per heavy atom. The van der Waals surface area contributed by atoms with Crippen molar-refractivity contribution in [3.63, 3.8) is 0 Å². The molecule has 0 heterocycles. The molecule has 4 nitrogen and oxygen atoms in total. The normalized spacial score (nSPS) is 13.7. The van der Waals surface area contributed by atoms with Crippen LogP contribution in [0.4, 0.5) is 0 Å². The number of nitrogens with two attached hydrogens (primary N) is 1. The third-order valence-electron chi connectivity index (χ3n) is 2.76. The average Bonchev–Trinajstić information content (AvgIpc) is 2.39. The Labute approximate surface area is 114 Å². The van der Waals surface area contributed by atoms with Gasteiger partial charge in [-0.1, -0.05) is 25.5 Å². The van der Waals surface area contributed by atoms with Crippen LogP contribution in [0.15, 0.2) is 24.3 Å². The van der Waals surface area contributed by atoms with Gasteiger partial charge in [-0.15, -0.1) is 0 Å². The second-order valence-corrected chi connectivity index (χ2v) is 4.51. The molecule has 0 amide bonds. The summed E-state index contributed by atoms with van der Waals surface area (Å²) in [6, 6.07) is 7.45. The lowest BCUT2D eigenvalue weighted by molar-refractivity contribution is -0.151. The van der Waals surface area contributed by atoms with E-state index in [1.807, 2.05) is 38.1 Å². The first-order valence-electron chi connectivity index (χ1n) is 6.77. The van der Waals surface area contributed by atoms with Crippen LogP contribution in [-0.4, -0.2) is 18.7 Å². The lowest BCUT2D eigenvalue weighted by atomic mass is 10.1. The number of esters is 1. The molecule has 1 rings (SSSR count). The van der Waals surface area contributed by atoms with Gasteiger partial charge in [-0.05, 0) is 38.0 Å². The minimum atomic E-state index is -0.548. The molecule has 0 saturated heterocycles. The topological polar surface area (TPSA) is 61.5 Å². The van der Waals surface area contributed by atoms with Gasteiger partial charge in [0.25, 0.3) is 0 Å². The van der Waals surface area contributed by atoms with Crippen LogP contribution in [-0.2, 0) is 9.53 Å². The van der Waals surface area contributed by atoms with Crippen molar-refractivity contribution in [3.8, 4) is 5.75 Å². The molecule has 0 saturated carbocycles. The first kappa shape index (κ1) is 15.5. The number of carbonyl (C=O) groups excluding carboxylic acids is 1. The molecule has 0 aromatic heterocycles. The summed E-state index contributed by atoms with van der Waals surface area (Å²) in [7, 11) is 0. The van der Waals surface area contributed by atoms with E-state index in [0.717, 1.165) is 12.0 Å². The third-order valence-corrected chi connectivity index (χ3v) is 2.76. The largest absolute Gasteiger partial charge is 0.479 e. The Morgan fingerprint density at radius 1 is 1.37 bits per heavy atom. The molecule has 106 valence electrons. The van der Waals surface area contributed by atoms with Crippen molar-refractivity contribution in [2.75, 3.05) is 6.61 Å². The molecule has 0 aliphatic rings. The van der Waals surface area contributed by atoms with Gasteiger partial charge in [-0.3, -0.25) is 0 Å². The molecule has 4 heteroatoms. The second-order valence-electron chi connectivity index (χ2n) is 4.51. The molecule has 0 radical (unpaired) electrons. The van der Waals surface area contributed by atoms with Crippen LogP contribution in [0.25, 0.3) is 0 Å². The summed E-state index contributed by atoms with van der Waals surface area (Å²) in [5, 5.41) is 0. The molecular weight excluding hydrogens is 242 g/mol. The fraction of sp³-hybridized carbons (Fsp3) is 0.533. The van der Waals surface area contributed by atoms with Gasteiger partial charge in [0.15, 0.2) is 6.10 Å². The van der Waals surface area contributed by atoms with Crippen molar-refractivity contribution in [2.24, 2.45) is 5.73 Å². The Balaban J connectivity index is 2.78. The summed E-state index contributed by atoms with van der Waals surface area (Å²) in [5.74, 6) is 0.344. The van der Waals surface area contributed by atoms with Crippen molar-refractivity contribution in [3.05, 3.63) is 29.8 Å². The molecule has 19 heavy (non-hydrogen) atoms. The van der Waals surface area contributed by atoms with Crippen LogP contribution in [0.1, 0.15) is 45.2 Å². The van der Waals surface area contributed by atoms with Gasteiger partial charge >= 0.3 is 5.97 Å². The lowest BCUT2D eigenvalue weighted by Crippen LogP contribution is -2.29. The minimum Gasteiger partial charge on any atom is -0.479 e. The molecule has 1 aromatic carbocycles. The van der Waals surface area contributed by atoms with E-state index in [1.165, 1.54) is 0 Å². The molecule has 0 spiro atoms. The van der Waals surface area contributed by atoms with Crippen molar-refractivity contribution >= 4 is 5.97 Å². The van der Waals surface area contributed by atoms with Crippen LogP contribution in [0, 0.1) is 0 Å². The average molecular weight is 265 g/mol. The van der Waals surface area contributed by atoms with Crippen LogP contribution in [0.2, 0.25) is 0 Å². The molecule has 0 bridgehead atoms. The predicted molar refractivity (Wildman–Crippen MR) is 75.0 cm³/mol. The number of benzene rings is 1. The number of ether oxygens (including phenoxy) is 2. The summed E-state index contributed by atoms with van der Waals surface area (Å²) in [5.41, 5.74) is 6.82. The maximum absolute atomic E-state index is 11.8. The molecule has 0 aliphatic carbocycles. The Bertz CT molecular complexity index is 404. The first-order valence-corrected chi connectivity index (χ1v) is 6.77. The van der Waals surface area contributed by atoms with Crippen molar-refractivity contribution < 1.29 is 14.3 Å². The third kappa shape index (κ3) is 4.91. The fourth-order valence-corrected chi connectivity index (χ4v) is 1.76. The van der Waals surface area contributed by atoms with Crippen LogP contribution >= 0.6 is 0 Å². The van der Waals surface area contributed by atoms with Gasteiger partial charge in [0.05, 0.1) is 6.61 Å². The van der Waals surface area contributed by atoms with Crippen LogP contribution < -0.4 is 10.5 Å². The van der Waals surface area contributed by atoms with Gasteiger partial charge in [-0.2, -0.15) is 0 Å². The zero-order chi connectivity index (χ0) is 14.3. The smallest absolute Gasteiger partial charge is 0.347 e. The highest BCUT2D eigenvalue weighted by Crippen LogP contribution is 2.20. The van der Waals surface area contributed by atoms with E-state index in [0.29, 0.717) is 18.8 Å². The quantitative estimate of drug-likeness (QED) is 0.770. The Morgan fingerprint density at radius 2 is 2.11 bits per heavy atom. The van der Waals surface area contributed by atoms with Gasteiger partial charge in [0, 0.05) is 6.04 Å².